The molecule has 36 heavy (non-hydrogen) atoms. The predicted octanol–water partition coefficient (Wildman–Crippen LogP) is -1.53. The number of amides is 3. The lowest BCUT2D eigenvalue weighted by molar-refractivity contribution is -0.142. The number of thiol groups is 1. The lowest BCUT2D eigenvalue weighted by Gasteiger charge is -2.24. The molecule has 0 aliphatic heterocycles. The summed E-state index contributed by atoms with van der Waals surface area (Å²) in [5, 5.41) is 25.5. The van der Waals surface area contributed by atoms with Crippen LogP contribution in [0.1, 0.15) is 17.7 Å². The third kappa shape index (κ3) is 9.03. The Morgan fingerprint density at radius 1 is 0.917 bits per heavy atom. The Kier molecular flexibility index (Phi) is 10.9. The molecule has 2 rings (SSSR count). The molecule has 1 heterocycles. The average Bonchev–Trinajstić information content (AvgIpc) is 3.34. The van der Waals surface area contributed by atoms with Gasteiger partial charge in [-0.25, -0.2) is 9.78 Å². The minimum Gasteiger partial charge on any atom is -0.481 e. The molecule has 3 amide bonds. The molecule has 1 aromatic carbocycles. The molecule has 1 aromatic heterocycles. The van der Waals surface area contributed by atoms with Gasteiger partial charge in [-0.2, -0.15) is 12.6 Å². The van der Waals surface area contributed by atoms with Gasteiger partial charge < -0.3 is 36.9 Å². The zero-order valence-corrected chi connectivity index (χ0v) is 20.0. The van der Waals surface area contributed by atoms with Crippen LogP contribution in [0.25, 0.3) is 0 Å². The van der Waals surface area contributed by atoms with E-state index in [0.29, 0.717) is 11.3 Å². The molecule has 0 fully saturated rings. The number of aromatic amines is 1. The summed E-state index contributed by atoms with van der Waals surface area (Å²) in [5.74, 6) is -5.43. The second-order valence-electron chi connectivity index (χ2n) is 7.88. The second-order valence-corrected chi connectivity index (χ2v) is 8.24. The zero-order valence-electron chi connectivity index (χ0n) is 19.1. The zero-order chi connectivity index (χ0) is 26.7. The van der Waals surface area contributed by atoms with Gasteiger partial charge in [-0.3, -0.25) is 19.2 Å². The van der Waals surface area contributed by atoms with Crippen molar-refractivity contribution in [1.82, 2.24) is 25.9 Å². The van der Waals surface area contributed by atoms with E-state index in [1.54, 1.807) is 30.3 Å². The number of aromatic nitrogens is 2. The van der Waals surface area contributed by atoms with Crippen LogP contribution in [0.15, 0.2) is 42.9 Å². The van der Waals surface area contributed by atoms with Crippen molar-refractivity contribution < 1.29 is 34.2 Å². The van der Waals surface area contributed by atoms with Gasteiger partial charge in [0.05, 0.1) is 18.8 Å². The number of nitrogens with zero attached hydrogens (tertiary/aromatic N) is 1. The lowest BCUT2D eigenvalue weighted by atomic mass is 10.0. The van der Waals surface area contributed by atoms with Gasteiger partial charge in [0, 0.05) is 30.5 Å². The van der Waals surface area contributed by atoms with Crippen LogP contribution < -0.4 is 21.7 Å². The summed E-state index contributed by atoms with van der Waals surface area (Å²) in [5.41, 5.74) is 7.08. The first-order valence-corrected chi connectivity index (χ1v) is 11.5. The summed E-state index contributed by atoms with van der Waals surface area (Å²) < 4.78 is 0. The molecule has 0 bridgehead atoms. The number of carbonyl (C=O) groups is 5. The topological polar surface area (TPSA) is 217 Å². The lowest BCUT2D eigenvalue weighted by Crippen LogP contribution is -2.58. The van der Waals surface area contributed by atoms with Crippen LogP contribution in [0.3, 0.4) is 0 Å². The quantitative estimate of drug-likeness (QED) is 0.135. The molecule has 8 N–H and O–H groups in total. The molecule has 0 radical (unpaired) electrons. The van der Waals surface area contributed by atoms with Crippen LogP contribution in [0, 0.1) is 0 Å². The van der Waals surface area contributed by atoms with Crippen LogP contribution in [0.5, 0.6) is 0 Å². The summed E-state index contributed by atoms with van der Waals surface area (Å²) in [6.45, 7) is 0. The summed E-state index contributed by atoms with van der Waals surface area (Å²) >= 11 is 3.91. The van der Waals surface area contributed by atoms with E-state index in [1.165, 1.54) is 12.5 Å². The van der Waals surface area contributed by atoms with Gasteiger partial charge in [-0.1, -0.05) is 30.3 Å². The first kappa shape index (κ1) is 28.3. The number of H-pyrrole nitrogens is 1. The number of aliphatic carboxylic acids is 2. The molecular formula is C22H28N6O7S. The molecule has 4 unspecified atom stereocenters. The molecule has 0 spiro atoms. The van der Waals surface area contributed by atoms with E-state index in [4.69, 9.17) is 5.73 Å². The van der Waals surface area contributed by atoms with Crippen LogP contribution in [-0.2, 0) is 36.8 Å². The Labute approximate surface area is 211 Å². The van der Waals surface area contributed by atoms with E-state index in [-0.39, 0.29) is 18.6 Å². The Hall–Kier alpha value is -3.91. The maximum Gasteiger partial charge on any atom is 0.327 e. The number of hydrogen-bond donors (Lipinski definition) is 8. The minimum atomic E-state index is -1.55. The fraction of sp³-hybridized carbons (Fsp3) is 0.364. The van der Waals surface area contributed by atoms with Crippen LogP contribution in [0.4, 0.5) is 0 Å². The minimum absolute atomic E-state index is 0.0234. The molecule has 13 nitrogen and oxygen atoms in total. The highest BCUT2D eigenvalue weighted by atomic mass is 32.1. The number of rotatable bonds is 14. The van der Waals surface area contributed by atoms with E-state index in [2.05, 4.69) is 38.5 Å². The van der Waals surface area contributed by atoms with E-state index >= 15 is 0 Å². The molecule has 4 atom stereocenters. The van der Waals surface area contributed by atoms with Gasteiger partial charge >= 0.3 is 11.9 Å². The standard InChI is InChI=1S/C22H28N6O7S/c23-14(7-13-9-24-11-25-13)19(31)26-16(8-18(29)30)21(33)27-15(6-12-4-2-1-3-5-12)20(32)28-17(10-36)22(34)35/h1-5,9,11,14-17,36H,6-8,10,23H2,(H,24,25)(H,26,31)(H,27,33)(H,28,32)(H,29,30)(H,34,35). The van der Waals surface area contributed by atoms with Gasteiger partial charge in [0.15, 0.2) is 0 Å². The van der Waals surface area contributed by atoms with Gasteiger partial charge in [0.25, 0.3) is 0 Å². The molecule has 14 heteroatoms. The Morgan fingerprint density at radius 3 is 2.08 bits per heavy atom. The number of carboxylic acid groups (broad SMARTS) is 2. The first-order chi connectivity index (χ1) is 17.1. The Morgan fingerprint density at radius 2 is 1.53 bits per heavy atom. The van der Waals surface area contributed by atoms with Crippen LogP contribution in [0.2, 0.25) is 0 Å². The van der Waals surface area contributed by atoms with Crippen LogP contribution >= 0.6 is 12.6 Å². The third-order valence-corrected chi connectivity index (χ3v) is 5.42. The number of carboxylic acids is 2. The summed E-state index contributed by atoms with van der Waals surface area (Å²) in [4.78, 5) is 67.7. The van der Waals surface area contributed by atoms with Crippen molar-refractivity contribution in [2.24, 2.45) is 5.73 Å². The van der Waals surface area contributed by atoms with Gasteiger partial charge in [-0.15, -0.1) is 0 Å². The molecular weight excluding hydrogens is 492 g/mol. The second kappa shape index (κ2) is 13.8. The average molecular weight is 521 g/mol. The van der Waals surface area contributed by atoms with E-state index in [9.17, 15) is 34.2 Å². The first-order valence-electron chi connectivity index (χ1n) is 10.8. The van der Waals surface area contributed by atoms with Crippen molar-refractivity contribution >= 4 is 42.3 Å². The van der Waals surface area contributed by atoms with E-state index in [1.807, 2.05) is 0 Å². The van der Waals surface area contributed by atoms with Crippen molar-refractivity contribution in [3.8, 4) is 0 Å². The number of benzene rings is 1. The molecule has 194 valence electrons. The number of hydrogen-bond acceptors (Lipinski definition) is 8. The van der Waals surface area contributed by atoms with Gasteiger partial charge in [-0.05, 0) is 5.56 Å². The number of carbonyl (C=O) groups excluding carboxylic acids is 3. The van der Waals surface area contributed by atoms with E-state index in [0.717, 1.165) is 0 Å². The summed E-state index contributed by atoms with van der Waals surface area (Å²) in [7, 11) is 0. The fourth-order valence-corrected chi connectivity index (χ4v) is 3.43. The van der Waals surface area contributed by atoms with Gasteiger partial charge in [0.1, 0.15) is 18.1 Å². The molecule has 0 saturated carbocycles. The third-order valence-electron chi connectivity index (χ3n) is 5.06. The predicted molar refractivity (Wildman–Crippen MR) is 130 cm³/mol. The molecule has 2 aromatic rings. The fourth-order valence-electron chi connectivity index (χ4n) is 3.18. The molecule has 0 aliphatic carbocycles. The normalized spacial score (nSPS) is 14.1. The van der Waals surface area contributed by atoms with Crippen molar-refractivity contribution in [3.05, 3.63) is 54.1 Å². The van der Waals surface area contributed by atoms with Crippen molar-refractivity contribution in [2.75, 3.05) is 5.75 Å². The summed E-state index contributed by atoms with van der Waals surface area (Å²) in [6.07, 6.45) is 2.14. The maximum absolute atomic E-state index is 13.0. The van der Waals surface area contributed by atoms with E-state index < -0.39 is 60.2 Å². The van der Waals surface area contributed by atoms with Gasteiger partial charge in [0.2, 0.25) is 17.7 Å². The highest BCUT2D eigenvalue weighted by Crippen LogP contribution is 2.06. The smallest absolute Gasteiger partial charge is 0.327 e. The Bertz CT molecular complexity index is 1050. The largest absolute Gasteiger partial charge is 0.481 e. The van der Waals surface area contributed by atoms with Crippen molar-refractivity contribution in [3.63, 3.8) is 0 Å². The van der Waals surface area contributed by atoms with Crippen LogP contribution in [-0.4, -0.2) is 79.8 Å². The Balaban J connectivity index is 2.17. The SMILES string of the molecule is NC(Cc1cnc[nH]1)C(=O)NC(CC(=O)O)C(=O)NC(Cc1ccccc1)C(=O)NC(CS)C(=O)O. The number of nitrogens with two attached hydrogens (primary N) is 1. The summed E-state index contributed by atoms with van der Waals surface area (Å²) in [6, 6.07) is 3.35. The maximum atomic E-state index is 13.0. The highest BCUT2D eigenvalue weighted by Gasteiger charge is 2.31. The molecule has 0 saturated heterocycles. The van der Waals surface area contributed by atoms with Crippen molar-refractivity contribution in [1.29, 1.82) is 0 Å². The number of imidazole rings is 1. The molecule has 0 aliphatic rings. The van der Waals surface area contributed by atoms with Crippen molar-refractivity contribution in [2.45, 2.75) is 43.4 Å². The monoisotopic (exact) mass is 520 g/mol. The highest BCUT2D eigenvalue weighted by molar-refractivity contribution is 7.80. The number of nitrogens with one attached hydrogen (secondary N) is 4.